The molecule has 0 heterocycles. The van der Waals surface area contributed by atoms with Gasteiger partial charge in [-0.1, -0.05) is 11.6 Å². The van der Waals surface area contributed by atoms with Crippen LogP contribution < -0.4 is 5.32 Å². The number of carbonyl (C=O) groups is 2. The zero-order valence-corrected chi connectivity index (χ0v) is 10.5. The van der Waals surface area contributed by atoms with Gasteiger partial charge in [-0.25, -0.2) is 0 Å². The summed E-state index contributed by atoms with van der Waals surface area (Å²) in [6, 6.07) is 5.08. The molecule has 0 fully saturated rings. The first-order chi connectivity index (χ1) is 7.04. The molecule has 1 aromatic carbocycles. The molecule has 1 aromatic rings. The summed E-state index contributed by atoms with van der Waals surface area (Å²) in [6.45, 7) is 3.09. The van der Waals surface area contributed by atoms with Gasteiger partial charge in [0.2, 0.25) is 5.91 Å². The molecular weight excluding hydrogens is 309 g/mol. The number of carbonyl (C=O) groups excluding carboxylic acids is 2. The van der Waals surface area contributed by atoms with Gasteiger partial charge in [-0.05, 0) is 19.1 Å². The molecule has 0 spiro atoms. The van der Waals surface area contributed by atoms with E-state index in [-0.39, 0.29) is 0 Å². The van der Waals surface area contributed by atoms with E-state index >= 15 is 0 Å². The molecule has 80 valence electrons. The minimum absolute atomic E-state index is 0.327. The molecule has 0 saturated heterocycles. The van der Waals surface area contributed by atoms with Crippen LogP contribution in [0.15, 0.2) is 18.2 Å². The molecule has 0 aliphatic rings. The van der Waals surface area contributed by atoms with Crippen molar-refractivity contribution in [3.05, 3.63) is 32.9 Å². The zero-order valence-electron chi connectivity index (χ0n) is 8.33. The van der Waals surface area contributed by atoms with Gasteiger partial charge < -0.3 is 0 Å². The standard InChI is InChI=1S/C10H10INO3/c1-6-3-4-9(11-15)8(5-6)10(14)12-7(2)13/h3-5H,1-2H3,(H,12,13,14). The maximum Gasteiger partial charge on any atom is 0.259 e. The average molecular weight is 319 g/mol. The number of hydrogen-bond donors (Lipinski definition) is 1. The van der Waals surface area contributed by atoms with Crippen LogP contribution in [0, 0.1) is 10.5 Å². The average Bonchev–Trinajstić information content (AvgIpc) is 2.16. The van der Waals surface area contributed by atoms with Gasteiger partial charge in [0.05, 0.1) is 9.13 Å². The third kappa shape index (κ3) is 3.19. The molecule has 2 amide bonds. The summed E-state index contributed by atoms with van der Waals surface area (Å²) in [7, 11) is 0. The number of hydrogen-bond acceptors (Lipinski definition) is 3. The summed E-state index contributed by atoms with van der Waals surface area (Å²) >= 11 is -1.41. The monoisotopic (exact) mass is 319 g/mol. The molecular formula is C10H10INO3. The second kappa shape index (κ2) is 5.11. The maximum absolute atomic E-state index is 11.5. The second-order valence-corrected chi connectivity index (χ2v) is 4.67. The summed E-state index contributed by atoms with van der Waals surface area (Å²) in [5.74, 6) is -0.909. The van der Waals surface area contributed by atoms with E-state index in [4.69, 9.17) is 0 Å². The van der Waals surface area contributed by atoms with Crippen molar-refractivity contribution in [2.24, 2.45) is 0 Å². The molecule has 0 unspecified atom stereocenters. The lowest BCUT2D eigenvalue weighted by Gasteiger charge is -2.04. The van der Waals surface area contributed by atoms with Gasteiger partial charge >= 0.3 is 0 Å². The number of aryl methyl sites for hydroxylation is 1. The van der Waals surface area contributed by atoms with Crippen LogP contribution in [-0.4, -0.2) is 11.8 Å². The predicted molar refractivity (Wildman–Crippen MR) is 62.7 cm³/mol. The summed E-state index contributed by atoms with van der Waals surface area (Å²) < 4.78 is 11.4. The van der Waals surface area contributed by atoms with E-state index < -0.39 is 33.0 Å². The van der Waals surface area contributed by atoms with Crippen molar-refractivity contribution < 1.29 is 12.7 Å². The summed E-state index contributed by atoms with van der Waals surface area (Å²) in [5, 5.41) is 2.16. The molecule has 15 heavy (non-hydrogen) atoms. The van der Waals surface area contributed by atoms with Crippen LogP contribution in [0.25, 0.3) is 0 Å². The van der Waals surface area contributed by atoms with Crippen molar-refractivity contribution in [1.29, 1.82) is 0 Å². The highest BCUT2D eigenvalue weighted by molar-refractivity contribution is 14.1. The Kier molecular flexibility index (Phi) is 4.07. The fourth-order valence-corrected chi connectivity index (χ4v) is 2.07. The molecule has 0 atom stereocenters. The van der Waals surface area contributed by atoms with Crippen LogP contribution >= 0.6 is 21.2 Å². The van der Waals surface area contributed by atoms with Crippen LogP contribution in [-0.2, 0) is 7.86 Å². The Balaban J connectivity index is 3.11. The van der Waals surface area contributed by atoms with Crippen LogP contribution in [0.5, 0.6) is 0 Å². The fraction of sp³-hybridized carbons (Fsp3) is 0.200. The molecule has 0 bridgehead atoms. The van der Waals surface area contributed by atoms with Gasteiger partial charge in [-0.3, -0.25) is 18.0 Å². The van der Waals surface area contributed by atoms with Crippen molar-refractivity contribution in [3.8, 4) is 0 Å². The minimum Gasteiger partial charge on any atom is -0.293 e. The number of halogens is 1. The lowest BCUT2D eigenvalue weighted by Crippen LogP contribution is -2.28. The Bertz CT molecular complexity index is 429. The number of rotatable bonds is 2. The van der Waals surface area contributed by atoms with Crippen LogP contribution in [0.4, 0.5) is 0 Å². The second-order valence-electron chi connectivity index (χ2n) is 3.07. The molecule has 0 radical (unpaired) electrons. The molecule has 4 nitrogen and oxygen atoms in total. The van der Waals surface area contributed by atoms with Gasteiger partial charge in [0, 0.05) is 6.92 Å². The molecule has 0 aliphatic heterocycles. The smallest absolute Gasteiger partial charge is 0.259 e. The molecule has 5 heteroatoms. The van der Waals surface area contributed by atoms with Crippen molar-refractivity contribution in [2.75, 3.05) is 0 Å². The van der Waals surface area contributed by atoms with E-state index in [2.05, 4.69) is 5.32 Å². The first kappa shape index (κ1) is 12.0. The van der Waals surface area contributed by atoms with E-state index in [0.29, 0.717) is 9.13 Å². The Hall–Kier alpha value is -1.11. The van der Waals surface area contributed by atoms with E-state index in [1.165, 1.54) is 6.92 Å². The first-order valence-electron chi connectivity index (χ1n) is 4.24. The first-order valence-corrected chi connectivity index (χ1v) is 6.20. The van der Waals surface area contributed by atoms with Crippen LogP contribution in [0.2, 0.25) is 0 Å². The zero-order chi connectivity index (χ0) is 11.4. The Labute approximate surface area is 97.7 Å². The number of benzene rings is 1. The lowest BCUT2D eigenvalue weighted by molar-refractivity contribution is -0.118. The fourth-order valence-electron chi connectivity index (χ4n) is 1.11. The highest BCUT2D eigenvalue weighted by atomic mass is 127. The van der Waals surface area contributed by atoms with Crippen LogP contribution in [0.3, 0.4) is 0 Å². The van der Waals surface area contributed by atoms with E-state index in [1.807, 2.05) is 6.92 Å². The highest BCUT2D eigenvalue weighted by Crippen LogP contribution is 2.17. The minimum atomic E-state index is -1.41. The molecule has 0 aromatic heterocycles. The van der Waals surface area contributed by atoms with Crippen molar-refractivity contribution in [3.63, 3.8) is 0 Å². The molecule has 0 aliphatic carbocycles. The normalized spacial score (nSPS) is 9.73. The number of imide groups is 1. The van der Waals surface area contributed by atoms with Gasteiger partial charge in [0.25, 0.3) is 5.91 Å². The SMILES string of the molecule is CC(=O)NC(=O)c1cc(C)ccc1I=O. The van der Waals surface area contributed by atoms with Gasteiger partial charge in [0.15, 0.2) is 21.2 Å². The van der Waals surface area contributed by atoms with Crippen molar-refractivity contribution >= 4 is 33.0 Å². The van der Waals surface area contributed by atoms with E-state index in [9.17, 15) is 12.7 Å². The topological polar surface area (TPSA) is 63.2 Å². The van der Waals surface area contributed by atoms with Crippen LogP contribution in [0.1, 0.15) is 22.8 Å². The predicted octanol–water partition coefficient (Wildman–Crippen LogP) is 1.76. The Morgan fingerprint density at radius 3 is 2.53 bits per heavy atom. The van der Waals surface area contributed by atoms with Crippen molar-refractivity contribution in [1.82, 2.24) is 5.32 Å². The Morgan fingerprint density at radius 2 is 2.00 bits per heavy atom. The third-order valence-electron chi connectivity index (χ3n) is 1.74. The molecule has 0 saturated carbocycles. The van der Waals surface area contributed by atoms with Gasteiger partial charge in [0.1, 0.15) is 0 Å². The summed E-state index contributed by atoms with van der Waals surface area (Å²) in [5.41, 5.74) is 1.22. The van der Waals surface area contributed by atoms with Gasteiger partial charge in [-0.15, -0.1) is 0 Å². The van der Waals surface area contributed by atoms with Gasteiger partial charge in [-0.2, -0.15) is 0 Å². The largest absolute Gasteiger partial charge is 0.293 e. The van der Waals surface area contributed by atoms with E-state index in [1.54, 1.807) is 18.2 Å². The quantitative estimate of drug-likeness (QED) is 0.845. The maximum atomic E-state index is 11.5. The lowest BCUT2D eigenvalue weighted by atomic mass is 10.1. The van der Waals surface area contributed by atoms with Crippen molar-refractivity contribution in [2.45, 2.75) is 13.8 Å². The molecule has 1 N–H and O–H groups in total. The number of nitrogens with one attached hydrogen (secondary N) is 1. The highest BCUT2D eigenvalue weighted by Gasteiger charge is 2.12. The Morgan fingerprint density at radius 1 is 1.33 bits per heavy atom. The van der Waals surface area contributed by atoms with E-state index in [0.717, 1.165) is 5.56 Å². The number of amides is 2. The third-order valence-corrected chi connectivity index (χ3v) is 3.15. The molecule has 1 rings (SSSR count). The summed E-state index contributed by atoms with van der Waals surface area (Å²) in [4.78, 5) is 22.2. The summed E-state index contributed by atoms with van der Waals surface area (Å²) in [6.07, 6.45) is 0.